The predicted molar refractivity (Wildman–Crippen MR) is 137 cm³/mol. The Kier molecular flexibility index (Phi) is 7.09. The van der Waals surface area contributed by atoms with Crippen LogP contribution in [0.2, 0.25) is 0 Å². The van der Waals surface area contributed by atoms with Crippen LogP contribution in [0, 0.1) is 17.8 Å². The summed E-state index contributed by atoms with van der Waals surface area (Å²) in [6, 6.07) is 5.17. The fourth-order valence-corrected chi connectivity index (χ4v) is 6.43. The summed E-state index contributed by atoms with van der Waals surface area (Å²) in [4.78, 5) is 69.0. The van der Waals surface area contributed by atoms with E-state index in [1.165, 1.54) is 0 Å². The van der Waals surface area contributed by atoms with Crippen LogP contribution in [0.1, 0.15) is 49.0 Å². The molecular formula is C27H33N5O6. The second-order valence-corrected chi connectivity index (χ2v) is 10.5. The van der Waals surface area contributed by atoms with E-state index in [-0.39, 0.29) is 30.1 Å². The average Bonchev–Trinajstić information content (AvgIpc) is 3.62. The lowest BCUT2D eigenvalue weighted by Crippen LogP contribution is -2.55. The molecule has 1 aromatic heterocycles. The van der Waals surface area contributed by atoms with E-state index in [1.54, 1.807) is 18.1 Å². The van der Waals surface area contributed by atoms with Crippen molar-refractivity contribution in [2.45, 2.75) is 50.6 Å². The number of hydrogen-bond acceptors (Lipinski definition) is 6. The molecule has 0 unspecified atom stereocenters. The van der Waals surface area contributed by atoms with Crippen LogP contribution in [-0.4, -0.2) is 71.6 Å². The Morgan fingerprint density at radius 2 is 2.00 bits per heavy atom. The summed E-state index contributed by atoms with van der Waals surface area (Å²) in [5.41, 5.74) is 6.36. The quantitative estimate of drug-likeness (QED) is 0.375. The van der Waals surface area contributed by atoms with Crippen molar-refractivity contribution in [2.75, 3.05) is 20.2 Å². The van der Waals surface area contributed by atoms with Gasteiger partial charge in [-0.2, -0.15) is 0 Å². The van der Waals surface area contributed by atoms with E-state index in [2.05, 4.69) is 15.6 Å². The molecule has 3 heterocycles. The highest BCUT2D eigenvalue weighted by Crippen LogP contribution is 2.43. The van der Waals surface area contributed by atoms with Crippen molar-refractivity contribution >= 4 is 40.3 Å². The molecule has 5 N–H and O–H groups in total. The number of rotatable bonds is 8. The number of primary amides is 1. The number of Topliss-reactive ketones (excluding diaryl/α,β-unsaturated/α-hetero) is 1. The zero-order valence-electron chi connectivity index (χ0n) is 21.3. The monoisotopic (exact) mass is 523 g/mol. The molecule has 0 radical (unpaired) electrons. The van der Waals surface area contributed by atoms with E-state index in [9.17, 15) is 24.0 Å². The number of ether oxygens (including phenoxy) is 1. The van der Waals surface area contributed by atoms with Gasteiger partial charge in [0.1, 0.15) is 17.5 Å². The summed E-state index contributed by atoms with van der Waals surface area (Å²) in [6.07, 6.45) is 3.92. The molecule has 1 aromatic carbocycles. The summed E-state index contributed by atoms with van der Waals surface area (Å²) in [5.74, 6) is -2.92. The molecule has 5 rings (SSSR count). The summed E-state index contributed by atoms with van der Waals surface area (Å²) < 4.78 is 5.41. The molecule has 4 amide bonds. The smallest absolute Gasteiger partial charge is 0.287 e. The number of nitrogens with two attached hydrogens (primary N) is 1. The van der Waals surface area contributed by atoms with E-state index in [1.807, 2.05) is 18.2 Å². The van der Waals surface area contributed by atoms with E-state index in [0.29, 0.717) is 31.0 Å². The number of nitrogens with zero attached hydrogens (tertiary/aromatic N) is 1. The summed E-state index contributed by atoms with van der Waals surface area (Å²) >= 11 is 0. The molecule has 202 valence electrons. The summed E-state index contributed by atoms with van der Waals surface area (Å²) in [7, 11) is 1.56. The second-order valence-electron chi connectivity index (χ2n) is 10.5. The van der Waals surface area contributed by atoms with Gasteiger partial charge < -0.3 is 31.0 Å². The van der Waals surface area contributed by atoms with Crippen LogP contribution >= 0.6 is 0 Å². The zero-order valence-corrected chi connectivity index (χ0v) is 21.3. The van der Waals surface area contributed by atoms with E-state index < -0.39 is 35.6 Å². The van der Waals surface area contributed by atoms with Crippen LogP contribution in [-0.2, 0) is 19.2 Å². The lowest BCUT2D eigenvalue weighted by molar-refractivity contribution is -0.140. The molecule has 0 bridgehead atoms. The Bertz CT molecular complexity index is 1290. The fourth-order valence-electron chi connectivity index (χ4n) is 6.43. The van der Waals surface area contributed by atoms with E-state index in [0.717, 1.165) is 36.6 Å². The van der Waals surface area contributed by atoms with Gasteiger partial charge in [0.25, 0.3) is 11.8 Å². The molecule has 2 aromatic rings. The normalized spacial score (nSPS) is 25.5. The maximum absolute atomic E-state index is 13.7. The maximum atomic E-state index is 13.7. The largest absolute Gasteiger partial charge is 0.496 e. The van der Waals surface area contributed by atoms with Gasteiger partial charge in [0.15, 0.2) is 0 Å². The standard InChI is InChI=1S/C27H33N5O6/c1-38-21-9-3-8-18-17(21)12-20(30-18)27(37)32-13-15-5-2-7-16(15)22(32)26(36)31-19(23(33)24(28)34)11-14-6-4-10-29-25(14)35/h3,8-9,12,14-16,19,22,30H,2,4-7,10-11,13H2,1H3,(H2,28,34)(H,29,35)(H,31,36)/t14-,15-,16-,19-,22-/m0/s1. The molecule has 38 heavy (non-hydrogen) atoms. The van der Waals surface area contributed by atoms with Gasteiger partial charge in [-0.05, 0) is 62.1 Å². The molecule has 1 aliphatic carbocycles. The van der Waals surface area contributed by atoms with Gasteiger partial charge in [-0.1, -0.05) is 12.5 Å². The number of methoxy groups -OCH3 is 1. The number of H-pyrrole nitrogens is 1. The molecule has 11 nitrogen and oxygen atoms in total. The minimum Gasteiger partial charge on any atom is -0.496 e. The Balaban J connectivity index is 1.40. The van der Waals surface area contributed by atoms with E-state index >= 15 is 0 Å². The molecule has 3 aliphatic rings. The van der Waals surface area contributed by atoms with Crippen LogP contribution < -0.4 is 21.1 Å². The van der Waals surface area contributed by atoms with Crippen LogP contribution in [0.4, 0.5) is 0 Å². The molecule has 2 aliphatic heterocycles. The number of carbonyl (C=O) groups excluding carboxylic acids is 5. The van der Waals surface area contributed by atoms with Gasteiger partial charge in [0, 0.05) is 29.9 Å². The van der Waals surface area contributed by atoms with Crippen molar-refractivity contribution < 1.29 is 28.7 Å². The highest BCUT2D eigenvalue weighted by Gasteiger charge is 2.50. The third-order valence-electron chi connectivity index (χ3n) is 8.29. The minimum atomic E-state index is -1.23. The number of amides is 4. The zero-order chi connectivity index (χ0) is 27.0. The number of ketones is 1. The number of aromatic amines is 1. The number of benzene rings is 1. The summed E-state index contributed by atoms with van der Waals surface area (Å²) in [5, 5.41) is 6.23. The Labute approximate surface area is 219 Å². The fraction of sp³-hybridized carbons (Fsp3) is 0.519. The highest BCUT2D eigenvalue weighted by molar-refractivity contribution is 6.38. The lowest BCUT2D eigenvalue weighted by atomic mass is 9.89. The number of carbonyl (C=O) groups is 5. The first-order chi connectivity index (χ1) is 18.3. The Hall–Kier alpha value is -3.89. The molecule has 5 atom stereocenters. The van der Waals surface area contributed by atoms with Gasteiger partial charge in [-0.15, -0.1) is 0 Å². The van der Waals surface area contributed by atoms with Crippen molar-refractivity contribution in [3.63, 3.8) is 0 Å². The van der Waals surface area contributed by atoms with Gasteiger partial charge in [0.05, 0.1) is 13.2 Å². The first-order valence-electron chi connectivity index (χ1n) is 13.2. The predicted octanol–water partition coefficient (Wildman–Crippen LogP) is 0.873. The minimum absolute atomic E-state index is 0.0179. The van der Waals surface area contributed by atoms with Gasteiger partial charge in [-0.25, -0.2) is 0 Å². The van der Waals surface area contributed by atoms with Gasteiger partial charge in [-0.3, -0.25) is 24.0 Å². The molecule has 1 saturated carbocycles. The number of likely N-dealkylation sites (tertiary alicyclic amines) is 1. The second kappa shape index (κ2) is 10.5. The number of piperidine rings is 1. The Morgan fingerprint density at radius 3 is 2.74 bits per heavy atom. The Morgan fingerprint density at radius 1 is 1.18 bits per heavy atom. The van der Waals surface area contributed by atoms with E-state index in [4.69, 9.17) is 10.5 Å². The van der Waals surface area contributed by atoms with Gasteiger partial charge >= 0.3 is 0 Å². The third kappa shape index (κ3) is 4.72. The van der Waals surface area contributed by atoms with Crippen molar-refractivity contribution in [1.29, 1.82) is 0 Å². The van der Waals surface area contributed by atoms with Crippen molar-refractivity contribution in [3.8, 4) is 5.75 Å². The molecule has 3 fully saturated rings. The molecule has 2 saturated heterocycles. The number of fused-ring (bicyclic) bond motifs is 2. The van der Waals surface area contributed by atoms with Gasteiger partial charge in [0.2, 0.25) is 17.6 Å². The summed E-state index contributed by atoms with van der Waals surface area (Å²) in [6.45, 7) is 0.978. The molecular weight excluding hydrogens is 490 g/mol. The number of aromatic nitrogens is 1. The van der Waals surface area contributed by atoms with Crippen LogP contribution in [0.15, 0.2) is 24.3 Å². The maximum Gasteiger partial charge on any atom is 0.287 e. The van der Waals surface area contributed by atoms with Crippen LogP contribution in [0.25, 0.3) is 10.9 Å². The van der Waals surface area contributed by atoms with Crippen LogP contribution in [0.5, 0.6) is 5.75 Å². The highest BCUT2D eigenvalue weighted by atomic mass is 16.5. The lowest BCUT2D eigenvalue weighted by Gasteiger charge is -2.30. The van der Waals surface area contributed by atoms with Crippen LogP contribution in [0.3, 0.4) is 0 Å². The SMILES string of the molecule is COc1cccc2[nH]c(C(=O)N3C[C@@H]4CCC[C@@H]4[C@H]3C(=O)N[C@@H](C[C@@H]3CCCNC3=O)C(=O)C(N)=O)cc12. The molecule has 0 spiro atoms. The first-order valence-corrected chi connectivity index (χ1v) is 13.2. The molecule has 11 heteroatoms. The third-order valence-corrected chi connectivity index (χ3v) is 8.29. The average molecular weight is 524 g/mol. The van der Waals surface area contributed by atoms with Crippen molar-refractivity contribution in [2.24, 2.45) is 23.5 Å². The number of nitrogens with one attached hydrogen (secondary N) is 3. The first kappa shape index (κ1) is 25.7. The number of hydrogen-bond donors (Lipinski definition) is 4. The van der Waals surface area contributed by atoms with Crippen molar-refractivity contribution in [3.05, 3.63) is 30.0 Å². The van der Waals surface area contributed by atoms with Crippen molar-refractivity contribution in [1.82, 2.24) is 20.5 Å². The topological polar surface area (TPSA) is 164 Å².